The fraction of sp³-hybridized carbons (Fsp3) is 0.440. The monoisotopic (exact) mass is 613 g/mol. The molecule has 17 heteroatoms. The number of carboxylic acid groups (broad SMARTS) is 1. The molecule has 2 aromatic rings. The Kier molecular flexibility index (Phi) is 7.53. The quantitative estimate of drug-likeness (QED) is 0.263. The number of aromatic nitrogens is 4. The molecule has 15 nitrogen and oxygen atoms in total. The number of benzene rings is 1. The van der Waals surface area contributed by atoms with Gasteiger partial charge in [-0.15, -0.1) is 16.9 Å². The number of carbonyl (C=O) groups excluding carboxylic acids is 4. The van der Waals surface area contributed by atoms with Crippen LogP contribution in [0.1, 0.15) is 24.4 Å². The summed E-state index contributed by atoms with van der Waals surface area (Å²) in [6, 6.07) is 5.43. The second kappa shape index (κ2) is 11.3. The number of thioether (sulfide) groups is 2. The van der Waals surface area contributed by atoms with Gasteiger partial charge in [0.25, 0.3) is 5.91 Å². The van der Waals surface area contributed by atoms with Gasteiger partial charge in [-0.2, -0.15) is 0 Å². The van der Waals surface area contributed by atoms with Crippen molar-refractivity contribution in [3.8, 4) is 0 Å². The maximum atomic E-state index is 13.6. The van der Waals surface area contributed by atoms with Crippen LogP contribution in [0.2, 0.25) is 0 Å². The van der Waals surface area contributed by atoms with Gasteiger partial charge >= 0.3 is 18.0 Å². The number of carbonyl (C=O) groups is 5. The third-order valence-electron chi connectivity index (χ3n) is 7.44. The van der Waals surface area contributed by atoms with Crippen LogP contribution in [0.4, 0.5) is 9.59 Å². The van der Waals surface area contributed by atoms with E-state index in [4.69, 9.17) is 0 Å². The highest BCUT2D eigenvalue weighted by Gasteiger charge is 2.54. The molecule has 1 saturated carbocycles. The van der Waals surface area contributed by atoms with Crippen molar-refractivity contribution >= 4 is 53.4 Å². The molecular weight excluding hydrogens is 586 g/mol. The third-order valence-corrected chi connectivity index (χ3v) is 9.88. The van der Waals surface area contributed by atoms with E-state index in [0.717, 1.165) is 17.7 Å². The zero-order valence-electron chi connectivity index (χ0n) is 22.4. The van der Waals surface area contributed by atoms with Crippen molar-refractivity contribution in [1.29, 1.82) is 0 Å². The summed E-state index contributed by atoms with van der Waals surface area (Å²) in [6.45, 7) is 0.664. The Bertz CT molecular complexity index is 1480. The van der Waals surface area contributed by atoms with E-state index in [1.165, 1.54) is 33.1 Å². The summed E-state index contributed by atoms with van der Waals surface area (Å²) in [4.78, 5) is 68.8. The van der Waals surface area contributed by atoms with Crippen LogP contribution in [0.5, 0.6) is 0 Å². The minimum atomic E-state index is -1.24. The molecule has 3 fully saturated rings. The van der Waals surface area contributed by atoms with Crippen molar-refractivity contribution in [2.75, 3.05) is 24.6 Å². The summed E-state index contributed by atoms with van der Waals surface area (Å²) >= 11 is 2.60. The number of tetrazole rings is 1. The van der Waals surface area contributed by atoms with Crippen LogP contribution < -0.4 is 10.6 Å². The van der Waals surface area contributed by atoms with Crippen LogP contribution in [0.25, 0.3) is 0 Å². The number of hydrogen-bond donors (Lipinski definition) is 3. The number of carboxylic acids is 1. The van der Waals surface area contributed by atoms with Gasteiger partial charge in [-0.3, -0.25) is 14.5 Å². The SMILES string of the molecule is Cn1nnnc1SCC1=C(C(=O)O)N2C(=O)C(NC(=O)[C@H](NC(=O)N3CCN(C4CC4)C3=O)c3ccccc3)[C@H]2SC1. The smallest absolute Gasteiger partial charge is 0.352 e. The molecule has 3 N–H and O–H groups in total. The molecule has 4 aliphatic rings. The predicted octanol–water partition coefficient (Wildman–Crippen LogP) is 0.392. The molecule has 4 heterocycles. The van der Waals surface area contributed by atoms with Crippen LogP contribution in [-0.2, 0) is 21.4 Å². The van der Waals surface area contributed by atoms with Gasteiger partial charge in [0.05, 0.1) is 0 Å². The number of hydrogen-bond acceptors (Lipinski definition) is 10. The number of aliphatic carboxylic acids is 1. The normalized spacial score (nSPS) is 22.5. The first-order valence-corrected chi connectivity index (χ1v) is 15.3. The molecule has 0 radical (unpaired) electrons. The van der Waals surface area contributed by atoms with E-state index in [1.807, 2.05) is 0 Å². The Morgan fingerprint density at radius 1 is 1.17 bits per heavy atom. The number of amides is 6. The lowest BCUT2D eigenvalue weighted by molar-refractivity contribution is -0.151. The Labute approximate surface area is 248 Å². The Hall–Kier alpha value is -4.12. The van der Waals surface area contributed by atoms with Crippen molar-refractivity contribution in [1.82, 2.24) is 45.5 Å². The molecule has 1 aromatic carbocycles. The van der Waals surface area contributed by atoms with Crippen molar-refractivity contribution in [2.24, 2.45) is 7.05 Å². The molecule has 6 amide bonds. The Morgan fingerprint density at radius 2 is 1.93 bits per heavy atom. The highest BCUT2D eigenvalue weighted by Crippen LogP contribution is 2.41. The highest BCUT2D eigenvalue weighted by atomic mass is 32.2. The summed E-state index contributed by atoms with van der Waals surface area (Å²) < 4.78 is 1.47. The molecule has 220 valence electrons. The molecule has 1 unspecified atom stereocenters. The lowest BCUT2D eigenvalue weighted by Crippen LogP contribution is -2.71. The molecule has 0 bridgehead atoms. The third kappa shape index (κ3) is 5.17. The average molecular weight is 614 g/mol. The molecule has 6 rings (SSSR count). The number of aryl methyl sites for hydroxylation is 1. The number of imide groups is 1. The number of urea groups is 2. The van der Waals surface area contributed by atoms with Gasteiger partial charge in [0.15, 0.2) is 0 Å². The molecular formula is C25H27N9O6S2. The molecule has 42 heavy (non-hydrogen) atoms. The van der Waals surface area contributed by atoms with Gasteiger partial charge in [-0.05, 0) is 34.4 Å². The Morgan fingerprint density at radius 3 is 2.60 bits per heavy atom. The van der Waals surface area contributed by atoms with Gasteiger partial charge in [-0.1, -0.05) is 42.1 Å². The van der Waals surface area contributed by atoms with Crippen LogP contribution in [0.15, 0.2) is 46.8 Å². The van der Waals surface area contributed by atoms with Crippen LogP contribution in [0, 0.1) is 0 Å². The number of rotatable bonds is 9. The second-order valence-electron chi connectivity index (χ2n) is 10.2. The second-order valence-corrected chi connectivity index (χ2v) is 12.2. The lowest BCUT2D eigenvalue weighted by Gasteiger charge is -2.49. The van der Waals surface area contributed by atoms with Gasteiger partial charge in [0.1, 0.15) is 23.2 Å². The first-order chi connectivity index (χ1) is 20.2. The topological polar surface area (TPSA) is 183 Å². The fourth-order valence-corrected chi connectivity index (χ4v) is 7.48. The van der Waals surface area contributed by atoms with Crippen LogP contribution in [0.3, 0.4) is 0 Å². The van der Waals surface area contributed by atoms with Gasteiger partial charge in [-0.25, -0.2) is 24.0 Å². The summed E-state index contributed by atoms with van der Waals surface area (Å²) in [5.74, 6) is -1.85. The maximum absolute atomic E-state index is 13.6. The van der Waals surface area contributed by atoms with E-state index < -0.39 is 41.3 Å². The van der Waals surface area contributed by atoms with Crippen LogP contribution >= 0.6 is 23.5 Å². The van der Waals surface area contributed by atoms with E-state index in [-0.39, 0.29) is 30.1 Å². The first kappa shape index (κ1) is 28.0. The van der Waals surface area contributed by atoms with Crippen molar-refractivity contribution in [2.45, 2.75) is 41.5 Å². The zero-order valence-corrected chi connectivity index (χ0v) is 24.0. The molecule has 3 atom stereocenters. The molecule has 1 aliphatic carbocycles. The lowest BCUT2D eigenvalue weighted by atomic mass is 10.0. The Balaban J connectivity index is 1.15. The number of β-lactam (4-membered cyclic amide) rings is 1. The van der Waals surface area contributed by atoms with Gasteiger partial charge < -0.3 is 20.6 Å². The summed E-state index contributed by atoms with van der Waals surface area (Å²) in [5.41, 5.74) is 0.898. The maximum Gasteiger partial charge on any atom is 0.352 e. The molecule has 1 aromatic heterocycles. The van der Waals surface area contributed by atoms with E-state index in [9.17, 15) is 29.1 Å². The molecule has 2 saturated heterocycles. The van der Waals surface area contributed by atoms with Crippen molar-refractivity contribution in [3.05, 3.63) is 47.2 Å². The summed E-state index contributed by atoms with van der Waals surface area (Å²) in [7, 11) is 1.67. The van der Waals surface area contributed by atoms with E-state index >= 15 is 0 Å². The molecule has 3 aliphatic heterocycles. The van der Waals surface area contributed by atoms with E-state index in [2.05, 4.69) is 26.2 Å². The predicted molar refractivity (Wildman–Crippen MR) is 149 cm³/mol. The standard InChI is InChI=1S/C25H27N9O6S2/c1-31-24(28-29-30-31)42-12-14-11-41-21-17(20(36)34(21)18(14)22(37)38)26-19(35)16(13-5-3-2-4-6-13)27-23(39)33-10-9-32(25(33)40)15-7-8-15/h2-6,15-17,21H,7-12H2,1H3,(H,26,35)(H,27,39)(H,37,38)/t16-,17?,21-/m1/s1. The zero-order chi connectivity index (χ0) is 29.5. The highest BCUT2D eigenvalue weighted by molar-refractivity contribution is 8.01. The van der Waals surface area contributed by atoms with Crippen molar-refractivity contribution in [3.63, 3.8) is 0 Å². The number of fused-ring (bicyclic) bond motifs is 1. The van der Waals surface area contributed by atoms with Crippen molar-refractivity contribution < 1.29 is 29.1 Å². The molecule has 0 spiro atoms. The van der Waals surface area contributed by atoms with E-state index in [1.54, 1.807) is 42.3 Å². The number of nitrogens with one attached hydrogen (secondary N) is 2. The van der Waals surface area contributed by atoms with Gasteiger partial charge in [0, 0.05) is 37.7 Å². The van der Waals surface area contributed by atoms with Gasteiger partial charge in [0.2, 0.25) is 11.1 Å². The van der Waals surface area contributed by atoms with E-state index in [0.29, 0.717) is 28.6 Å². The van der Waals surface area contributed by atoms with Crippen LogP contribution in [-0.4, -0.2) is 112 Å². The summed E-state index contributed by atoms with van der Waals surface area (Å²) in [5, 5.41) is 26.4. The first-order valence-electron chi connectivity index (χ1n) is 13.2. The number of nitrogens with zero attached hydrogens (tertiary/aromatic N) is 7. The fourth-order valence-electron chi connectivity index (χ4n) is 5.14. The minimum Gasteiger partial charge on any atom is -0.477 e. The minimum absolute atomic E-state index is 0.113. The summed E-state index contributed by atoms with van der Waals surface area (Å²) in [6.07, 6.45) is 1.83. The average Bonchev–Trinajstić information content (AvgIpc) is 3.63. The largest absolute Gasteiger partial charge is 0.477 e.